The highest BCUT2D eigenvalue weighted by Crippen LogP contribution is 2.30. The van der Waals surface area contributed by atoms with Crippen molar-refractivity contribution in [3.63, 3.8) is 0 Å². The Morgan fingerprint density at radius 3 is 2.85 bits per heavy atom. The second-order valence-electron chi connectivity index (χ2n) is 6.62. The fourth-order valence-corrected chi connectivity index (χ4v) is 5.44. The van der Waals surface area contributed by atoms with Crippen molar-refractivity contribution in [2.45, 2.75) is 63.6 Å². The first-order valence-corrected chi connectivity index (χ1v) is 10.9. The van der Waals surface area contributed by atoms with Gasteiger partial charge < -0.3 is 9.15 Å². The van der Waals surface area contributed by atoms with Crippen LogP contribution in [0.3, 0.4) is 0 Å². The molecular weight excluding hydrogens is 384 g/mol. The van der Waals surface area contributed by atoms with E-state index in [1.54, 1.807) is 22.8 Å². The molecule has 3 aromatic heterocycles. The molecule has 0 spiro atoms. The number of aryl methyl sites for hydroxylation is 3. The van der Waals surface area contributed by atoms with Gasteiger partial charge in [0.25, 0.3) is 5.56 Å². The van der Waals surface area contributed by atoms with Gasteiger partial charge in [-0.25, -0.2) is 4.98 Å². The predicted octanol–water partition coefficient (Wildman–Crippen LogP) is 3.49. The maximum absolute atomic E-state index is 13.4. The molecule has 1 fully saturated rings. The first-order chi connectivity index (χ1) is 13.1. The van der Waals surface area contributed by atoms with E-state index in [4.69, 9.17) is 14.1 Å². The minimum Gasteiger partial charge on any atom is -0.425 e. The Morgan fingerprint density at radius 1 is 1.33 bits per heavy atom. The normalized spacial score (nSPS) is 17.2. The number of fused-ring (bicyclic) bond motifs is 1. The van der Waals surface area contributed by atoms with E-state index < -0.39 is 0 Å². The van der Waals surface area contributed by atoms with Crippen LogP contribution in [0.25, 0.3) is 10.2 Å². The summed E-state index contributed by atoms with van der Waals surface area (Å²) in [5.74, 6) is 1.55. The maximum Gasteiger partial charge on any atom is 0.263 e. The minimum atomic E-state index is 0.0286. The first kappa shape index (κ1) is 18.6. The molecule has 0 saturated carbocycles. The molecule has 0 aromatic carbocycles. The zero-order valence-electron chi connectivity index (χ0n) is 15.7. The monoisotopic (exact) mass is 406 g/mol. The predicted molar refractivity (Wildman–Crippen MR) is 106 cm³/mol. The summed E-state index contributed by atoms with van der Waals surface area (Å²) in [6.07, 6.45) is 2.91. The Morgan fingerprint density at radius 2 is 2.19 bits per heavy atom. The molecule has 0 amide bonds. The van der Waals surface area contributed by atoms with Gasteiger partial charge in [-0.05, 0) is 31.7 Å². The third kappa shape index (κ3) is 3.68. The van der Waals surface area contributed by atoms with Gasteiger partial charge in [-0.3, -0.25) is 9.36 Å². The van der Waals surface area contributed by atoms with E-state index in [1.807, 2.05) is 0 Å². The number of nitrogens with zero attached hydrogens (tertiary/aromatic N) is 4. The van der Waals surface area contributed by atoms with Crippen LogP contribution in [0, 0.1) is 13.8 Å². The lowest BCUT2D eigenvalue weighted by Gasteiger charge is -2.15. The topological polar surface area (TPSA) is 83.0 Å². The zero-order valence-corrected chi connectivity index (χ0v) is 17.3. The molecule has 144 valence electrons. The van der Waals surface area contributed by atoms with Crippen molar-refractivity contribution in [1.29, 1.82) is 0 Å². The van der Waals surface area contributed by atoms with Gasteiger partial charge in [-0.1, -0.05) is 18.7 Å². The smallest absolute Gasteiger partial charge is 0.263 e. The lowest BCUT2D eigenvalue weighted by Crippen LogP contribution is -2.29. The molecule has 1 aliphatic heterocycles. The van der Waals surface area contributed by atoms with Gasteiger partial charge in [0, 0.05) is 18.4 Å². The summed E-state index contributed by atoms with van der Waals surface area (Å²) in [7, 11) is 0. The molecule has 0 N–H and O–H groups in total. The number of thioether (sulfide) groups is 1. The van der Waals surface area contributed by atoms with E-state index in [1.165, 1.54) is 11.8 Å². The number of ether oxygens (including phenoxy) is 1. The first-order valence-electron chi connectivity index (χ1n) is 9.13. The van der Waals surface area contributed by atoms with Gasteiger partial charge >= 0.3 is 0 Å². The van der Waals surface area contributed by atoms with Gasteiger partial charge in [0.1, 0.15) is 4.83 Å². The van der Waals surface area contributed by atoms with Crippen molar-refractivity contribution in [2.75, 3.05) is 6.61 Å². The second-order valence-corrected chi connectivity index (χ2v) is 8.76. The van der Waals surface area contributed by atoms with Crippen LogP contribution in [-0.2, 0) is 23.5 Å². The lowest BCUT2D eigenvalue weighted by atomic mass is 10.1. The highest BCUT2D eigenvalue weighted by Gasteiger charge is 2.23. The number of hydrogen-bond acceptors (Lipinski definition) is 8. The molecule has 1 atom stereocenters. The maximum atomic E-state index is 13.4. The SMILES string of the molecule is CCc1c(C)sc2nc(SCc3nnc(C)o3)n(CC3CCCO3)c(=O)c12. The Kier molecular flexibility index (Phi) is 5.34. The summed E-state index contributed by atoms with van der Waals surface area (Å²) >= 11 is 3.04. The van der Waals surface area contributed by atoms with Crippen molar-refractivity contribution >= 4 is 33.3 Å². The van der Waals surface area contributed by atoms with Crippen LogP contribution in [0.5, 0.6) is 0 Å². The van der Waals surface area contributed by atoms with E-state index in [9.17, 15) is 4.79 Å². The molecule has 9 heteroatoms. The fraction of sp³-hybridized carbons (Fsp3) is 0.556. The summed E-state index contributed by atoms with van der Waals surface area (Å²) in [4.78, 5) is 20.2. The van der Waals surface area contributed by atoms with Crippen molar-refractivity contribution < 1.29 is 9.15 Å². The van der Waals surface area contributed by atoms with E-state index in [-0.39, 0.29) is 11.7 Å². The Balaban J connectivity index is 1.75. The molecule has 7 nitrogen and oxygen atoms in total. The Bertz CT molecular complexity index is 1020. The molecule has 0 radical (unpaired) electrons. The number of rotatable bonds is 6. The summed E-state index contributed by atoms with van der Waals surface area (Å²) in [5, 5.41) is 9.34. The summed E-state index contributed by atoms with van der Waals surface area (Å²) in [6.45, 7) is 7.20. The summed E-state index contributed by atoms with van der Waals surface area (Å²) in [5.41, 5.74) is 1.14. The standard InChI is InChI=1S/C18H22N4O3S2/c1-4-13-10(2)27-16-15(13)17(23)22(8-12-6-5-7-24-12)18(19-16)26-9-14-21-20-11(3)25-14/h12H,4-9H2,1-3H3. The van der Waals surface area contributed by atoms with Gasteiger partial charge in [0.05, 0.1) is 23.8 Å². The molecule has 3 aromatic rings. The molecule has 4 rings (SSSR count). The third-order valence-electron chi connectivity index (χ3n) is 4.73. The van der Waals surface area contributed by atoms with Crippen LogP contribution >= 0.6 is 23.1 Å². The largest absolute Gasteiger partial charge is 0.425 e. The van der Waals surface area contributed by atoms with Gasteiger partial charge in [-0.15, -0.1) is 21.5 Å². The van der Waals surface area contributed by atoms with Gasteiger partial charge in [-0.2, -0.15) is 0 Å². The van der Waals surface area contributed by atoms with E-state index in [0.717, 1.165) is 46.5 Å². The Labute approximate surface area is 165 Å². The molecule has 1 aliphatic rings. The highest BCUT2D eigenvalue weighted by molar-refractivity contribution is 7.98. The molecule has 0 bridgehead atoms. The number of hydrogen-bond donors (Lipinski definition) is 0. The van der Waals surface area contributed by atoms with E-state index >= 15 is 0 Å². The van der Waals surface area contributed by atoms with Crippen molar-refractivity contribution in [1.82, 2.24) is 19.7 Å². The van der Waals surface area contributed by atoms with Crippen molar-refractivity contribution in [3.8, 4) is 0 Å². The molecule has 0 aliphatic carbocycles. The average Bonchev–Trinajstić information content (AvgIpc) is 3.36. The molecule has 1 saturated heterocycles. The van der Waals surface area contributed by atoms with Gasteiger partial charge in [0.15, 0.2) is 5.16 Å². The molecular formula is C18H22N4O3S2. The number of thiophene rings is 1. The Hall–Kier alpha value is -1.71. The second kappa shape index (κ2) is 7.73. The van der Waals surface area contributed by atoms with Crippen LogP contribution in [0.1, 0.15) is 42.0 Å². The van der Waals surface area contributed by atoms with Crippen LogP contribution in [-0.4, -0.2) is 32.5 Å². The van der Waals surface area contributed by atoms with Crippen molar-refractivity contribution in [2.24, 2.45) is 0 Å². The number of aromatic nitrogens is 4. The molecule has 1 unspecified atom stereocenters. The van der Waals surface area contributed by atoms with Crippen LogP contribution < -0.4 is 5.56 Å². The lowest BCUT2D eigenvalue weighted by molar-refractivity contribution is 0.0937. The molecule has 4 heterocycles. The quantitative estimate of drug-likeness (QED) is 0.458. The van der Waals surface area contributed by atoms with Crippen LogP contribution in [0.15, 0.2) is 14.4 Å². The van der Waals surface area contributed by atoms with E-state index in [2.05, 4.69) is 24.0 Å². The zero-order chi connectivity index (χ0) is 19.0. The third-order valence-corrected chi connectivity index (χ3v) is 6.74. The van der Waals surface area contributed by atoms with Crippen LogP contribution in [0.4, 0.5) is 0 Å². The highest BCUT2D eigenvalue weighted by atomic mass is 32.2. The van der Waals surface area contributed by atoms with Crippen molar-refractivity contribution in [3.05, 3.63) is 32.6 Å². The van der Waals surface area contributed by atoms with Gasteiger partial charge in [0.2, 0.25) is 11.8 Å². The average molecular weight is 407 g/mol. The molecule has 27 heavy (non-hydrogen) atoms. The summed E-state index contributed by atoms with van der Waals surface area (Å²) < 4.78 is 13.0. The fourth-order valence-electron chi connectivity index (χ4n) is 3.44. The van der Waals surface area contributed by atoms with E-state index in [0.29, 0.717) is 29.2 Å². The minimum absolute atomic E-state index is 0.0286. The van der Waals surface area contributed by atoms with Crippen LogP contribution in [0.2, 0.25) is 0 Å². The summed E-state index contributed by atoms with van der Waals surface area (Å²) in [6, 6.07) is 0.